The Bertz CT molecular complexity index is 486. The summed E-state index contributed by atoms with van der Waals surface area (Å²) in [6.07, 6.45) is 0. The van der Waals surface area contributed by atoms with E-state index in [2.05, 4.69) is 11.2 Å². The van der Waals surface area contributed by atoms with E-state index in [0.29, 0.717) is 18.9 Å². The third kappa shape index (κ3) is 3.07. The number of rotatable bonds is 4. The van der Waals surface area contributed by atoms with Crippen LogP contribution in [0.25, 0.3) is 0 Å². The summed E-state index contributed by atoms with van der Waals surface area (Å²) >= 11 is 0. The van der Waals surface area contributed by atoms with Crippen LogP contribution in [0, 0.1) is 13.8 Å². The number of hydrogen-bond acceptors (Lipinski definition) is 4. The first-order chi connectivity index (χ1) is 8.17. The van der Waals surface area contributed by atoms with Gasteiger partial charge in [-0.2, -0.15) is 0 Å². The molecule has 4 nitrogen and oxygen atoms in total. The molecule has 0 unspecified atom stereocenters. The van der Waals surface area contributed by atoms with E-state index in [9.17, 15) is 0 Å². The maximum atomic E-state index is 5.64. The summed E-state index contributed by atoms with van der Waals surface area (Å²) in [5.41, 5.74) is 8.55. The average molecular weight is 232 g/mol. The molecule has 0 fully saturated rings. The van der Waals surface area contributed by atoms with E-state index in [1.165, 1.54) is 11.1 Å². The Morgan fingerprint density at radius 3 is 2.47 bits per heavy atom. The Morgan fingerprint density at radius 2 is 1.88 bits per heavy atom. The van der Waals surface area contributed by atoms with Gasteiger partial charge in [0.05, 0.1) is 5.69 Å². The van der Waals surface area contributed by atoms with Crippen LogP contribution in [0.2, 0.25) is 0 Å². The van der Waals surface area contributed by atoms with Crippen molar-refractivity contribution in [1.82, 2.24) is 5.16 Å². The van der Waals surface area contributed by atoms with Gasteiger partial charge < -0.3 is 15.0 Å². The fourth-order valence-electron chi connectivity index (χ4n) is 1.69. The second-order valence-corrected chi connectivity index (χ2v) is 4.10. The van der Waals surface area contributed by atoms with Gasteiger partial charge in [0.25, 0.3) is 0 Å². The van der Waals surface area contributed by atoms with E-state index in [-0.39, 0.29) is 0 Å². The predicted molar refractivity (Wildman–Crippen MR) is 64.6 cm³/mol. The van der Waals surface area contributed by atoms with Crippen LogP contribution in [0.3, 0.4) is 0 Å². The van der Waals surface area contributed by atoms with Crippen molar-refractivity contribution in [2.45, 2.75) is 27.0 Å². The number of nitrogens with two attached hydrogens (primary N) is 1. The average Bonchev–Trinajstić information content (AvgIpc) is 2.73. The minimum absolute atomic E-state index is 0.371. The van der Waals surface area contributed by atoms with E-state index in [1.807, 2.05) is 32.0 Å². The van der Waals surface area contributed by atoms with E-state index in [1.54, 1.807) is 0 Å². The van der Waals surface area contributed by atoms with Crippen LogP contribution < -0.4 is 10.5 Å². The van der Waals surface area contributed by atoms with Gasteiger partial charge in [0.2, 0.25) is 0 Å². The van der Waals surface area contributed by atoms with Crippen LogP contribution in [-0.4, -0.2) is 5.16 Å². The highest BCUT2D eigenvalue weighted by Crippen LogP contribution is 2.17. The fraction of sp³-hybridized carbons (Fsp3) is 0.308. The van der Waals surface area contributed by atoms with Crippen LogP contribution in [0.5, 0.6) is 5.75 Å². The number of aromatic nitrogens is 1. The van der Waals surface area contributed by atoms with Crippen molar-refractivity contribution >= 4 is 0 Å². The fourth-order valence-corrected chi connectivity index (χ4v) is 1.69. The quantitative estimate of drug-likeness (QED) is 0.878. The molecule has 17 heavy (non-hydrogen) atoms. The molecule has 0 aliphatic carbocycles. The summed E-state index contributed by atoms with van der Waals surface area (Å²) in [7, 11) is 0. The van der Waals surface area contributed by atoms with Gasteiger partial charge in [0.1, 0.15) is 12.4 Å². The zero-order chi connectivity index (χ0) is 12.3. The summed E-state index contributed by atoms with van der Waals surface area (Å²) in [6.45, 7) is 4.84. The zero-order valence-corrected chi connectivity index (χ0v) is 10.1. The van der Waals surface area contributed by atoms with Crippen molar-refractivity contribution in [3.63, 3.8) is 0 Å². The molecule has 90 valence electrons. The van der Waals surface area contributed by atoms with E-state index >= 15 is 0 Å². The SMILES string of the molecule is Cc1cc(C)cc(OCc2cc(CN)no2)c1. The van der Waals surface area contributed by atoms with Crippen molar-refractivity contribution in [2.75, 3.05) is 0 Å². The number of ether oxygens (including phenoxy) is 1. The van der Waals surface area contributed by atoms with Crippen molar-refractivity contribution in [1.29, 1.82) is 0 Å². The smallest absolute Gasteiger partial charge is 0.174 e. The summed E-state index contributed by atoms with van der Waals surface area (Å²) < 4.78 is 10.7. The number of aryl methyl sites for hydroxylation is 2. The lowest BCUT2D eigenvalue weighted by atomic mass is 10.1. The molecule has 0 spiro atoms. The third-order valence-corrected chi connectivity index (χ3v) is 2.39. The maximum absolute atomic E-state index is 5.64. The summed E-state index contributed by atoms with van der Waals surface area (Å²) in [4.78, 5) is 0. The van der Waals surface area contributed by atoms with Crippen LogP contribution in [-0.2, 0) is 13.2 Å². The molecular formula is C13H16N2O2. The molecule has 1 aromatic heterocycles. The predicted octanol–water partition coefficient (Wildman–Crippen LogP) is 2.33. The first-order valence-electron chi connectivity index (χ1n) is 5.53. The minimum atomic E-state index is 0.371. The first-order valence-corrected chi connectivity index (χ1v) is 5.53. The van der Waals surface area contributed by atoms with Gasteiger partial charge in [0.15, 0.2) is 5.76 Å². The molecule has 0 atom stereocenters. The number of benzene rings is 1. The molecule has 0 aliphatic rings. The monoisotopic (exact) mass is 232 g/mol. The largest absolute Gasteiger partial charge is 0.486 e. The molecule has 1 aromatic carbocycles. The molecule has 0 radical (unpaired) electrons. The molecular weight excluding hydrogens is 216 g/mol. The van der Waals surface area contributed by atoms with Gasteiger partial charge in [-0.05, 0) is 37.1 Å². The van der Waals surface area contributed by atoms with Gasteiger partial charge in [-0.3, -0.25) is 0 Å². The molecule has 0 aliphatic heterocycles. The highest BCUT2D eigenvalue weighted by atomic mass is 16.5. The summed E-state index contributed by atoms with van der Waals surface area (Å²) in [5, 5.41) is 3.80. The van der Waals surface area contributed by atoms with Crippen LogP contribution in [0.15, 0.2) is 28.8 Å². The van der Waals surface area contributed by atoms with Crippen LogP contribution >= 0.6 is 0 Å². The maximum Gasteiger partial charge on any atom is 0.174 e. The molecule has 2 rings (SSSR count). The zero-order valence-electron chi connectivity index (χ0n) is 10.1. The number of hydrogen-bond donors (Lipinski definition) is 1. The van der Waals surface area contributed by atoms with E-state index in [4.69, 9.17) is 15.0 Å². The Hall–Kier alpha value is -1.81. The second-order valence-electron chi connectivity index (χ2n) is 4.10. The standard InChI is InChI=1S/C13H16N2O2/c1-9-3-10(2)5-12(4-9)16-8-13-6-11(7-14)15-17-13/h3-6H,7-8,14H2,1-2H3. The molecule has 0 bridgehead atoms. The van der Waals surface area contributed by atoms with Gasteiger partial charge in [-0.25, -0.2) is 0 Å². The topological polar surface area (TPSA) is 61.3 Å². The van der Waals surface area contributed by atoms with E-state index in [0.717, 1.165) is 11.4 Å². The molecule has 1 heterocycles. The van der Waals surface area contributed by atoms with Gasteiger partial charge in [-0.1, -0.05) is 11.2 Å². The highest BCUT2D eigenvalue weighted by Gasteiger charge is 2.04. The lowest BCUT2D eigenvalue weighted by Crippen LogP contribution is -1.96. The first kappa shape index (κ1) is 11.7. The molecule has 0 saturated heterocycles. The Labute approximate surface area is 100 Å². The lowest BCUT2D eigenvalue weighted by Gasteiger charge is -2.06. The molecule has 2 N–H and O–H groups in total. The van der Waals surface area contributed by atoms with Crippen LogP contribution in [0.1, 0.15) is 22.6 Å². The molecule has 0 amide bonds. The molecule has 0 saturated carbocycles. The summed E-state index contributed by atoms with van der Waals surface area (Å²) in [5.74, 6) is 1.53. The number of nitrogens with zero attached hydrogens (tertiary/aromatic N) is 1. The Kier molecular flexibility index (Phi) is 3.44. The van der Waals surface area contributed by atoms with Crippen molar-refractivity contribution in [2.24, 2.45) is 5.73 Å². The van der Waals surface area contributed by atoms with Gasteiger partial charge in [0, 0.05) is 12.6 Å². The second kappa shape index (κ2) is 5.01. The Balaban J connectivity index is 2.01. The Morgan fingerprint density at radius 1 is 1.18 bits per heavy atom. The third-order valence-electron chi connectivity index (χ3n) is 2.39. The van der Waals surface area contributed by atoms with Gasteiger partial charge in [-0.15, -0.1) is 0 Å². The van der Waals surface area contributed by atoms with E-state index < -0.39 is 0 Å². The highest BCUT2D eigenvalue weighted by molar-refractivity contribution is 5.33. The molecule has 2 aromatic rings. The van der Waals surface area contributed by atoms with Crippen LogP contribution in [0.4, 0.5) is 0 Å². The molecule has 4 heteroatoms. The van der Waals surface area contributed by atoms with Crippen molar-refractivity contribution in [3.8, 4) is 5.75 Å². The van der Waals surface area contributed by atoms with Gasteiger partial charge >= 0.3 is 0 Å². The van der Waals surface area contributed by atoms with Crippen molar-refractivity contribution in [3.05, 3.63) is 46.8 Å². The lowest BCUT2D eigenvalue weighted by molar-refractivity contribution is 0.248. The normalized spacial score (nSPS) is 10.5. The minimum Gasteiger partial charge on any atom is -0.486 e. The summed E-state index contributed by atoms with van der Waals surface area (Å²) in [6, 6.07) is 7.90. The van der Waals surface area contributed by atoms with Crippen molar-refractivity contribution < 1.29 is 9.26 Å².